The lowest BCUT2D eigenvalue weighted by Gasteiger charge is -2.52. The highest BCUT2D eigenvalue weighted by molar-refractivity contribution is 6.01. The number of nitrogens with one attached hydrogen (secondary N) is 3. The molecule has 344 valence electrons. The number of benzene rings is 2. The number of carbonyl (C=O) groups is 3. The van der Waals surface area contributed by atoms with Crippen LogP contribution in [0.4, 0.5) is 5.69 Å². The summed E-state index contributed by atoms with van der Waals surface area (Å²) in [6.45, 7) is 18.5. The first-order chi connectivity index (χ1) is 31.8. The summed E-state index contributed by atoms with van der Waals surface area (Å²) in [7, 11) is 0. The van der Waals surface area contributed by atoms with E-state index in [-0.39, 0.29) is 41.1 Å². The number of aryl methyl sites for hydroxylation is 2. The van der Waals surface area contributed by atoms with Crippen molar-refractivity contribution in [3.8, 4) is 11.3 Å². The van der Waals surface area contributed by atoms with Crippen LogP contribution in [0.3, 0.4) is 0 Å². The Labute approximate surface area is 386 Å². The Balaban J connectivity index is 0.739. The number of amides is 3. The van der Waals surface area contributed by atoms with E-state index in [0.717, 1.165) is 70.7 Å². The van der Waals surface area contributed by atoms with E-state index in [0.29, 0.717) is 36.0 Å². The molecule has 5 aromatic rings. The van der Waals surface area contributed by atoms with Gasteiger partial charge in [-0.05, 0) is 143 Å². The molecule has 6 heterocycles. The molecule has 2 aromatic carbocycles. The Morgan fingerprint density at radius 3 is 2.42 bits per heavy atom. The third-order valence-corrected chi connectivity index (χ3v) is 15.5. The third kappa shape index (κ3) is 8.33. The minimum Gasteiger partial charge on any atom is -0.375 e. The van der Waals surface area contributed by atoms with Crippen LogP contribution in [0.1, 0.15) is 142 Å². The fourth-order valence-corrected chi connectivity index (χ4v) is 11.2. The second-order valence-corrected chi connectivity index (χ2v) is 20.5. The molecule has 4 fully saturated rings. The third-order valence-electron chi connectivity index (χ3n) is 15.5. The molecule has 14 nitrogen and oxygen atoms in total. The number of rotatable bonds is 10. The summed E-state index contributed by atoms with van der Waals surface area (Å²) in [6.07, 6.45) is 15.9. The summed E-state index contributed by atoms with van der Waals surface area (Å²) in [4.78, 5) is 61.8. The van der Waals surface area contributed by atoms with Crippen LogP contribution in [0, 0.1) is 12.3 Å². The van der Waals surface area contributed by atoms with E-state index in [9.17, 15) is 14.4 Å². The summed E-state index contributed by atoms with van der Waals surface area (Å²) in [5, 5.41) is 10.9. The van der Waals surface area contributed by atoms with Gasteiger partial charge in [-0.1, -0.05) is 56.8 Å². The smallest absolute Gasteiger partial charge is 0.316 e. The van der Waals surface area contributed by atoms with Crippen molar-refractivity contribution in [3.63, 3.8) is 0 Å². The zero-order valence-electron chi connectivity index (χ0n) is 39.0. The predicted molar refractivity (Wildman–Crippen MR) is 254 cm³/mol. The second-order valence-electron chi connectivity index (χ2n) is 20.5. The number of hydrogen-bond acceptors (Lipinski definition) is 11. The molecule has 5 aliphatic rings. The lowest BCUT2D eigenvalue weighted by molar-refractivity contribution is -0.133. The maximum atomic E-state index is 13.5. The number of imide groups is 1. The van der Waals surface area contributed by atoms with Crippen LogP contribution >= 0.6 is 0 Å². The van der Waals surface area contributed by atoms with Crippen molar-refractivity contribution in [2.24, 2.45) is 5.41 Å². The van der Waals surface area contributed by atoms with Crippen molar-refractivity contribution in [3.05, 3.63) is 107 Å². The topological polar surface area (TPSA) is 165 Å². The van der Waals surface area contributed by atoms with Crippen LogP contribution in [0.25, 0.3) is 28.4 Å². The molecule has 14 heteroatoms. The summed E-state index contributed by atoms with van der Waals surface area (Å²) in [5.41, 5.74) is 11.0. The molecule has 0 bridgehead atoms. The number of piperidine rings is 3. The average Bonchev–Trinajstić information content (AvgIpc) is 3.95. The highest BCUT2D eigenvalue weighted by Gasteiger charge is 2.42. The number of aromatic nitrogens is 5. The molecule has 3 aromatic heterocycles. The van der Waals surface area contributed by atoms with Crippen LogP contribution in [-0.4, -0.2) is 95.8 Å². The zero-order valence-corrected chi connectivity index (χ0v) is 39.0. The van der Waals surface area contributed by atoms with Crippen LogP contribution in [-0.2, 0) is 21.4 Å². The van der Waals surface area contributed by atoms with Gasteiger partial charge in [-0.3, -0.25) is 19.7 Å². The molecular weight excluding hydrogens is 829 g/mol. The molecule has 3 aliphatic heterocycles. The highest BCUT2D eigenvalue weighted by Crippen LogP contribution is 2.47. The molecule has 66 heavy (non-hydrogen) atoms. The van der Waals surface area contributed by atoms with Gasteiger partial charge >= 0.3 is 11.8 Å². The normalized spacial score (nSPS) is 22.6. The van der Waals surface area contributed by atoms with E-state index < -0.39 is 0 Å². The Morgan fingerprint density at radius 1 is 1.00 bits per heavy atom. The number of H-pyrrole nitrogens is 1. The van der Waals surface area contributed by atoms with Gasteiger partial charge < -0.3 is 29.5 Å². The van der Waals surface area contributed by atoms with E-state index in [1.54, 1.807) is 11.2 Å². The average molecular weight is 891 g/mol. The van der Waals surface area contributed by atoms with E-state index >= 15 is 0 Å². The van der Waals surface area contributed by atoms with Gasteiger partial charge in [0.2, 0.25) is 11.8 Å². The Kier molecular flexibility index (Phi) is 11.4. The zero-order chi connectivity index (χ0) is 45.9. The fraction of sp³-hybridized carbons (Fsp3) is 0.481. The predicted octanol–water partition coefficient (Wildman–Crippen LogP) is 8.59. The van der Waals surface area contributed by atoms with Crippen LogP contribution in [0.5, 0.6) is 0 Å². The monoisotopic (exact) mass is 890 g/mol. The largest absolute Gasteiger partial charge is 0.375 e. The van der Waals surface area contributed by atoms with Gasteiger partial charge in [-0.2, -0.15) is 4.98 Å². The summed E-state index contributed by atoms with van der Waals surface area (Å²) < 4.78 is 5.38. The summed E-state index contributed by atoms with van der Waals surface area (Å²) in [5.74, 6) is 0.203. The maximum Gasteiger partial charge on any atom is 0.316 e. The number of hydrogen-bond donors (Lipinski definition) is 3. The van der Waals surface area contributed by atoms with Gasteiger partial charge in [0.15, 0.2) is 5.82 Å². The number of nitrogens with zero attached hydrogens (tertiary/aromatic N) is 7. The molecule has 1 saturated carbocycles. The van der Waals surface area contributed by atoms with E-state index in [2.05, 4.69) is 97.6 Å². The van der Waals surface area contributed by atoms with E-state index in [1.165, 1.54) is 74.6 Å². The van der Waals surface area contributed by atoms with Crippen molar-refractivity contribution in [2.75, 3.05) is 31.5 Å². The van der Waals surface area contributed by atoms with Crippen molar-refractivity contribution in [2.45, 2.75) is 128 Å². The van der Waals surface area contributed by atoms with Gasteiger partial charge in [0.25, 0.3) is 0 Å². The lowest BCUT2D eigenvalue weighted by Crippen LogP contribution is -2.52. The number of allylic oxidation sites excluding steroid dienone is 1. The molecular formula is C52H62N10O4. The van der Waals surface area contributed by atoms with E-state index in [4.69, 9.17) is 14.5 Å². The summed E-state index contributed by atoms with van der Waals surface area (Å²) >= 11 is 0. The van der Waals surface area contributed by atoms with Crippen LogP contribution in [0.15, 0.2) is 71.8 Å². The van der Waals surface area contributed by atoms with Crippen molar-refractivity contribution < 1.29 is 18.9 Å². The van der Waals surface area contributed by atoms with Crippen LogP contribution < -0.4 is 10.6 Å². The molecule has 1 spiro atoms. The van der Waals surface area contributed by atoms with Crippen molar-refractivity contribution in [1.29, 1.82) is 0 Å². The summed E-state index contributed by atoms with van der Waals surface area (Å²) in [6, 6.07) is 14.9. The minimum atomic E-state index is -0.387. The SMILES string of the molecule is C=CN(C(=O)c1nc(C(C)(C)C)no1)[C@H](C)c1ccc(-c2ncnc3[nH]c4c(c23)CCC(N2CCC3(CC2)CCN([C@H]2C[C@@H](c5ccc(NC6CCC(=O)NC6=O)cc5)C2)CC3)=C4)cc1C. The quantitative estimate of drug-likeness (QED) is 0.115. The molecule has 3 amide bonds. The molecule has 3 saturated heterocycles. The van der Waals surface area contributed by atoms with Gasteiger partial charge in [-0.25, -0.2) is 9.97 Å². The molecule has 0 radical (unpaired) electrons. The van der Waals surface area contributed by atoms with Crippen LogP contribution in [0.2, 0.25) is 0 Å². The Bertz CT molecular complexity index is 2700. The molecule has 2 aliphatic carbocycles. The lowest BCUT2D eigenvalue weighted by atomic mass is 9.69. The van der Waals surface area contributed by atoms with Gasteiger partial charge in [0.1, 0.15) is 18.0 Å². The second kappa shape index (κ2) is 17.3. The highest BCUT2D eigenvalue weighted by atomic mass is 16.5. The molecule has 2 atom stereocenters. The Hall–Kier alpha value is -6.15. The maximum absolute atomic E-state index is 13.5. The van der Waals surface area contributed by atoms with Gasteiger partial charge in [-0.15, -0.1) is 0 Å². The minimum absolute atomic E-state index is 0.0517. The molecule has 10 rings (SSSR count). The van der Waals surface area contributed by atoms with Gasteiger partial charge in [0, 0.05) is 65.2 Å². The number of anilines is 1. The van der Waals surface area contributed by atoms with Gasteiger partial charge in [0.05, 0.1) is 11.7 Å². The number of aromatic amines is 1. The first kappa shape index (κ1) is 43.7. The standard InChI is InChI=1S/C52H62N10O4/c1-7-62(49(65)48-58-50(59-66-48)51(4,5)6)32(3)39-14-10-34(26-31(39)2)45-44-40-15-13-37(29-42(40)56-46(44)54-30-53-45)60-22-18-52(19-23-60)20-24-61(25-21-52)38-27-35(28-38)33-8-11-36(12-9-33)55-41-16-17-43(63)57-47(41)64/h7-12,14,26,29-30,32,35,38,41,55H,1,13,15-25,27-28H2,2-6H3,(H,53,54,56)(H,57,63,64)/t32-,35-,38+,41?/m1/s1. The van der Waals surface area contributed by atoms with Crippen molar-refractivity contribution >= 4 is 40.5 Å². The number of carbonyl (C=O) groups excluding carboxylic acids is 3. The molecule has 3 N–H and O–H groups in total. The number of fused-ring (bicyclic) bond motifs is 3. The molecule has 1 unspecified atom stereocenters. The van der Waals surface area contributed by atoms with E-state index in [1.807, 2.05) is 27.7 Å². The fourth-order valence-electron chi connectivity index (χ4n) is 11.2. The first-order valence-corrected chi connectivity index (χ1v) is 23.9. The Morgan fingerprint density at radius 2 is 1.74 bits per heavy atom. The number of likely N-dealkylation sites (tertiary alicyclic amines) is 2. The first-order valence-electron chi connectivity index (χ1n) is 23.9. The van der Waals surface area contributed by atoms with Crippen molar-refractivity contribution in [1.82, 2.24) is 45.1 Å².